The van der Waals surface area contributed by atoms with Crippen molar-refractivity contribution in [2.75, 3.05) is 73.6 Å². The topological polar surface area (TPSA) is 152 Å². The van der Waals surface area contributed by atoms with E-state index in [2.05, 4.69) is 37.9 Å². The van der Waals surface area contributed by atoms with Crippen molar-refractivity contribution in [3.05, 3.63) is 76.1 Å². The van der Waals surface area contributed by atoms with Crippen LogP contribution in [0.25, 0.3) is 0 Å². The summed E-state index contributed by atoms with van der Waals surface area (Å²) in [5, 5.41) is 23.1. The number of nitrogens with one attached hydrogen (secondary N) is 1. The molecule has 3 aromatic rings. The molecule has 14 nitrogen and oxygen atoms in total. The maximum Gasteiger partial charge on any atom is 0.257 e. The Bertz CT molecular complexity index is 2130. The molecule has 6 aliphatic heterocycles. The van der Waals surface area contributed by atoms with Crippen LogP contribution in [-0.2, 0) is 16.1 Å². The minimum Gasteiger partial charge on any atom is -0.369 e. The van der Waals surface area contributed by atoms with Gasteiger partial charge in [-0.25, -0.2) is 14.4 Å². The SMILES string of the molecule is C[C@H]1CC2(CCN(c3cnc(CN4CC(N5CCN(c6cc7c(cc6F)C(=O)N(C6CCC(=O)NC6=O)C7O)CC5)C4)nc3)CC2)CN1c1ccc(C#N)c(Cl)c1. The molecule has 16 heteroatoms. The Kier molecular flexibility index (Phi) is 9.79. The van der Waals surface area contributed by atoms with Crippen LogP contribution >= 0.6 is 11.6 Å². The Morgan fingerprint density at radius 2 is 1.74 bits per heavy atom. The standard InChI is InChI=1S/C41H46ClFN10O4/c1-25-17-41(24-52(25)27-3-2-26(18-44)32(42)14-27)6-8-49(9-7-41)28-19-45-36(46-20-28)23-48-21-29(22-48)50-10-12-51(13-11-50)35-16-31-30(15-33(35)43)39(56)53(40(31)57)34-4-5-37(54)47-38(34)55/h2-3,14-16,19-20,25,29,34,40,57H,4-13,17,21-24H2,1H3,(H,47,54,55)/t25-,34?,40?/m0/s1. The van der Waals surface area contributed by atoms with Gasteiger partial charge in [0.2, 0.25) is 11.8 Å². The number of hydrogen-bond donors (Lipinski definition) is 2. The van der Waals surface area contributed by atoms with Gasteiger partial charge in [-0.05, 0) is 68.4 Å². The fourth-order valence-corrected chi connectivity index (χ4v) is 10.2. The summed E-state index contributed by atoms with van der Waals surface area (Å²) in [4.78, 5) is 59.3. The summed E-state index contributed by atoms with van der Waals surface area (Å²) in [7, 11) is 0. The molecule has 57 heavy (non-hydrogen) atoms. The Hall–Kier alpha value is -4.88. The first-order valence-corrected chi connectivity index (χ1v) is 20.3. The van der Waals surface area contributed by atoms with Crippen LogP contribution < -0.4 is 20.0 Å². The third-order valence-electron chi connectivity index (χ3n) is 13.2. The number of likely N-dealkylation sites (tertiary alicyclic amines) is 1. The second kappa shape index (κ2) is 14.8. The average molecular weight is 797 g/mol. The number of nitriles is 1. The van der Waals surface area contributed by atoms with Crippen LogP contribution in [0.2, 0.25) is 5.02 Å². The van der Waals surface area contributed by atoms with Gasteiger partial charge in [-0.1, -0.05) is 11.6 Å². The first-order chi connectivity index (χ1) is 27.5. The van der Waals surface area contributed by atoms with Crippen LogP contribution in [0.1, 0.15) is 72.6 Å². The number of piperazine rings is 1. The lowest BCUT2D eigenvalue weighted by Crippen LogP contribution is -2.62. The van der Waals surface area contributed by atoms with E-state index in [4.69, 9.17) is 21.6 Å². The zero-order chi connectivity index (χ0) is 39.6. The fourth-order valence-electron chi connectivity index (χ4n) is 9.94. The van der Waals surface area contributed by atoms with Crippen molar-refractivity contribution in [1.82, 2.24) is 30.0 Å². The molecule has 1 aromatic heterocycles. The molecule has 5 saturated heterocycles. The highest BCUT2D eigenvalue weighted by Crippen LogP contribution is 2.46. The third-order valence-corrected chi connectivity index (χ3v) is 13.5. The van der Waals surface area contributed by atoms with Crippen LogP contribution in [0.3, 0.4) is 0 Å². The molecular weight excluding hydrogens is 751 g/mol. The van der Waals surface area contributed by atoms with E-state index in [1.165, 1.54) is 6.07 Å². The second-order valence-electron chi connectivity index (χ2n) is 16.6. The predicted octanol–water partition coefficient (Wildman–Crippen LogP) is 3.28. The monoisotopic (exact) mass is 796 g/mol. The predicted molar refractivity (Wildman–Crippen MR) is 210 cm³/mol. The summed E-state index contributed by atoms with van der Waals surface area (Å²) in [5.74, 6) is -1.40. The van der Waals surface area contributed by atoms with E-state index in [-0.39, 0.29) is 29.4 Å². The molecule has 7 heterocycles. The molecule has 1 spiro atoms. The Labute approximate surface area is 335 Å². The fraction of sp³-hybridized carbons (Fsp3) is 0.512. The number of carbonyl (C=O) groups is 3. The second-order valence-corrected chi connectivity index (χ2v) is 17.0. The number of amides is 3. The van der Waals surface area contributed by atoms with E-state index < -0.39 is 35.8 Å². The normalized spacial score (nSPS) is 25.5. The average Bonchev–Trinajstić information content (AvgIpc) is 3.63. The number of aromatic nitrogens is 2. The molecule has 0 radical (unpaired) electrons. The highest BCUT2D eigenvalue weighted by atomic mass is 35.5. The van der Waals surface area contributed by atoms with Crippen molar-refractivity contribution in [3.8, 4) is 6.07 Å². The van der Waals surface area contributed by atoms with Crippen molar-refractivity contribution in [2.24, 2.45) is 5.41 Å². The molecule has 6 aliphatic rings. The van der Waals surface area contributed by atoms with Gasteiger partial charge in [-0.2, -0.15) is 5.26 Å². The molecule has 0 aliphatic carbocycles. The van der Waals surface area contributed by atoms with Gasteiger partial charge >= 0.3 is 0 Å². The summed E-state index contributed by atoms with van der Waals surface area (Å²) in [6.07, 6.45) is 6.02. The number of aliphatic hydroxyl groups excluding tert-OH is 1. The van der Waals surface area contributed by atoms with Gasteiger partial charge in [-0.15, -0.1) is 0 Å². The quantitative estimate of drug-likeness (QED) is 0.338. The van der Waals surface area contributed by atoms with Crippen LogP contribution in [0.4, 0.5) is 21.5 Å². The molecule has 9 rings (SSSR count). The molecule has 2 aromatic carbocycles. The molecule has 0 bridgehead atoms. The van der Waals surface area contributed by atoms with Gasteiger partial charge < -0.3 is 19.8 Å². The molecule has 0 saturated carbocycles. The number of piperidine rings is 2. The largest absolute Gasteiger partial charge is 0.369 e. The van der Waals surface area contributed by atoms with Crippen molar-refractivity contribution < 1.29 is 23.9 Å². The van der Waals surface area contributed by atoms with Crippen molar-refractivity contribution >= 4 is 46.4 Å². The molecule has 2 N–H and O–H groups in total. The number of fused-ring (bicyclic) bond motifs is 1. The van der Waals surface area contributed by atoms with E-state index in [1.807, 2.05) is 35.5 Å². The van der Waals surface area contributed by atoms with Gasteiger partial charge in [0.1, 0.15) is 23.8 Å². The lowest BCUT2D eigenvalue weighted by molar-refractivity contribution is -0.139. The van der Waals surface area contributed by atoms with E-state index in [9.17, 15) is 24.8 Å². The smallest absolute Gasteiger partial charge is 0.257 e. The summed E-state index contributed by atoms with van der Waals surface area (Å²) in [6, 6.07) is 10.4. The van der Waals surface area contributed by atoms with E-state index in [0.29, 0.717) is 48.0 Å². The van der Waals surface area contributed by atoms with E-state index >= 15 is 4.39 Å². The number of imide groups is 1. The molecule has 5 fully saturated rings. The minimum atomic E-state index is -1.40. The molecule has 298 valence electrons. The van der Waals surface area contributed by atoms with Crippen LogP contribution in [0, 0.1) is 22.6 Å². The first-order valence-electron chi connectivity index (χ1n) is 19.9. The maximum atomic E-state index is 15.5. The summed E-state index contributed by atoms with van der Waals surface area (Å²) < 4.78 is 15.5. The number of benzene rings is 2. The van der Waals surface area contributed by atoms with E-state index in [0.717, 1.165) is 93.2 Å². The van der Waals surface area contributed by atoms with Crippen molar-refractivity contribution in [3.63, 3.8) is 0 Å². The lowest BCUT2D eigenvalue weighted by Gasteiger charge is -2.48. The van der Waals surface area contributed by atoms with E-state index in [1.54, 1.807) is 0 Å². The number of aliphatic hydroxyl groups is 1. The van der Waals surface area contributed by atoms with Crippen molar-refractivity contribution in [1.29, 1.82) is 5.26 Å². The first kappa shape index (κ1) is 37.7. The number of anilines is 3. The minimum absolute atomic E-state index is 0.0413. The van der Waals surface area contributed by atoms with Gasteiger partial charge in [-0.3, -0.25) is 34.4 Å². The Morgan fingerprint density at radius 1 is 1.00 bits per heavy atom. The number of nitrogens with zero attached hydrogens (tertiary/aromatic N) is 9. The Balaban J connectivity index is 0.733. The van der Waals surface area contributed by atoms with Crippen LogP contribution in [0.15, 0.2) is 42.7 Å². The number of rotatable bonds is 7. The van der Waals surface area contributed by atoms with Gasteiger partial charge in [0.05, 0.1) is 46.5 Å². The van der Waals surface area contributed by atoms with Crippen LogP contribution in [-0.4, -0.2) is 125 Å². The zero-order valence-corrected chi connectivity index (χ0v) is 32.7. The van der Waals surface area contributed by atoms with Gasteiger partial charge in [0.25, 0.3) is 5.91 Å². The maximum absolute atomic E-state index is 15.5. The highest BCUT2D eigenvalue weighted by Gasteiger charge is 2.46. The number of halogens is 2. The lowest BCUT2D eigenvalue weighted by atomic mass is 9.76. The summed E-state index contributed by atoms with van der Waals surface area (Å²) >= 11 is 6.37. The highest BCUT2D eigenvalue weighted by molar-refractivity contribution is 6.32. The Morgan fingerprint density at radius 3 is 2.42 bits per heavy atom. The molecule has 3 amide bonds. The molecule has 2 unspecified atom stereocenters. The number of hydrogen-bond acceptors (Lipinski definition) is 12. The third kappa shape index (κ3) is 6.96. The van der Waals surface area contributed by atoms with Gasteiger partial charge in [0, 0.05) is 88.7 Å². The summed E-state index contributed by atoms with van der Waals surface area (Å²) in [5.41, 5.74) is 3.55. The van der Waals surface area contributed by atoms with Gasteiger partial charge in [0.15, 0.2) is 6.23 Å². The zero-order valence-electron chi connectivity index (χ0n) is 31.9. The van der Waals surface area contributed by atoms with Crippen molar-refractivity contribution in [2.45, 2.75) is 69.9 Å². The summed E-state index contributed by atoms with van der Waals surface area (Å²) in [6.45, 7) is 10.4. The molecule has 3 atom stereocenters. The number of carbonyl (C=O) groups excluding carboxylic acids is 3. The molecular formula is C41H46ClFN10O4. The van der Waals surface area contributed by atoms with Crippen LogP contribution in [0.5, 0.6) is 0 Å².